The molecule has 1 aliphatic heterocycles. The van der Waals surface area contributed by atoms with Gasteiger partial charge in [-0.3, -0.25) is 0 Å². The lowest BCUT2D eigenvalue weighted by molar-refractivity contribution is -0.137. The van der Waals surface area contributed by atoms with Crippen LogP contribution < -0.4 is 10.6 Å². The lowest BCUT2D eigenvalue weighted by Gasteiger charge is -2.39. The molecule has 30 heavy (non-hydrogen) atoms. The lowest BCUT2D eigenvalue weighted by atomic mass is 9.75. The van der Waals surface area contributed by atoms with Crippen molar-refractivity contribution >= 4 is 5.69 Å². The molecule has 1 unspecified atom stereocenters. The Balaban J connectivity index is 1.44. The van der Waals surface area contributed by atoms with E-state index in [-0.39, 0.29) is 6.04 Å². The summed E-state index contributed by atoms with van der Waals surface area (Å²) >= 11 is 0. The predicted octanol–water partition coefficient (Wildman–Crippen LogP) is 6.21. The van der Waals surface area contributed by atoms with Gasteiger partial charge in [-0.25, -0.2) is 0 Å². The van der Waals surface area contributed by atoms with E-state index < -0.39 is 11.7 Å². The van der Waals surface area contributed by atoms with Crippen molar-refractivity contribution < 1.29 is 13.2 Å². The van der Waals surface area contributed by atoms with Gasteiger partial charge < -0.3 is 10.6 Å². The molecule has 0 amide bonds. The number of benzene rings is 1. The van der Waals surface area contributed by atoms with Crippen LogP contribution in [0.5, 0.6) is 0 Å². The van der Waals surface area contributed by atoms with Crippen LogP contribution in [0.25, 0.3) is 0 Å². The minimum atomic E-state index is -4.29. The molecule has 1 aromatic carbocycles. The molecule has 0 radical (unpaired) electrons. The van der Waals surface area contributed by atoms with Crippen LogP contribution in [-0.2, 0) is 12.6 Å². The summed E-state index contributed by atoms with van der Waals surface area (Å²) in [6.07, 6.45) is 10.9. The van der Waals surface area contributed by atoms with E-state index in [0.29, 0.717) is 24.2 Å². The Bertz CT molecular complexity index is 779. The first-order valence-electron chi connectivity index (χ1n) is 11.4. The maximum Gasteiger partial charge on any atom is 0.416 e. The Morgan fingerprint density at radius 1 is 1.20 bits per heavy atom. The van der Waals surface area contributed by atoms with Crippen molar-refractivity contribution in [1.82, 2.24) is 5.32 Å². The van der Waals surface area contributed by atoms with E-state index >= 15 is 0 Å². The minimum Gasteiger partial charge on any atom is -0.381 e. The fourth-order valence-corrected chi connectivity index (χ4v) is 4.85. The third kappa shape index (κ3) is 5.48. The molecule has 2 N–H and O–H groups in total. The summed E-state index contributed by atoms with van der Waals surface area (Å²) in [6.45, 7) is 4.44. The first kappa shape index (κ1) is 21.5. The highest BCUT2D eigenvalue weighted by molar-refractivity contribution is 5.56. The van der Waals surface area contributed by atoms with Gasteiger partial charge in [0.15, 0.2) is 0 Å². The number of hydrogen-bond donors (Lipinski definition) is 2. The number of fused-ring (bicyclic) bond motifs is 1. The summed E-state index contributed by atoms with van der Waals surface area (Å²) in [7, 11) is 0. The molecular weight excluding hydrogens is 385 g/mol. The third-order valence-corrected chi connectivity index (χ3v) is 6.87. The average Bonchev–Trinajstić information content (AvgIpc) is 3.55. The fraction of sp³-hybridized carbons (Fsp3) is 0.600. The van der Waals surface area contributed by atoms with Gasteiger partial charge in [0.2, 0.25) is 0 Å². The number of allylic oxidation sites excluding steroid dienone is 3. The van der Waals surface area contributed by atoms with E-state index in [9.17, 15) is 13.2 Å². The monoisotopic (exact) mass is 418 g/mol. The number of alkyl halides is 3. The molecule has 1 saturated carbocycles. The second kappa shape index (κ2) is 9.17. The van der Waals surface area contributed by atoms with Gasteiger partial charge in [-0.1, -0.05) is 31.2 Å². The maximum atomic E-state index is 13.2. The van der Waals surface area contributed by atoms with Crippen molar-refractivity contribution in [1.29, 1.82) is 0 Å². The van der Waals surface area contributed by atoms with Gasteiger partial charge in [0.25, 0.3) is 0 Å². The molecule has 2 aliphatic carbocycles. The Kier molecular flexibility index (Phi) is 6.57. The molecule has 0 aromatic heterocycles. The standard InChI is InChI=1S/C25H33F3N2/c1-17(15-29-16-18-8-9-18)7-10-20-13-21-14-22(25(26,27)28)11-12-23(21)30-24(20)19-5-3-2-4-6-19/h2-5,11-12,14,17-20,24,29-30H,6-10,13,15-16H2,1H3/t17-,19?,20-,24+/m1/s1. The van der Waals surface area contributed by atoms with Crippen molar-refractivity contribution in [3.63, 3.8) is 0 Å². The zero-order chi connectivity index (χ0) is 21.1. The van der Waals surface area contributed by atoms with E-state index in [0.717, 1.165) is 49.5 Å². The van der Waals surface area contributed by atoms with Gasteiger partial charge in [-0.2, -0.15) is 13.2 Å². The number of nitrogens with one attached hydrogen (secondary N) is 2. The van der Waals surface area contributed by atoms with Crippen LogP contribution in [0.15, 0.2) is 42.5 Å². The first-order valence-corrected chi connectivity index (χ1v) is 11.4. The Labute approximate surface area is 178 Å². The van der Waals surface area contributed by atoms with E-state index in [1.807, 2.05) is 0 Å². The van der Waals surface area contributed by atoms with Crippen molar-refractivity contribution in [2.24, 2.45) is 23.7 Å². The van der Waals surface area contributed by atoms with Gasteiger partial charge in [-0.15, -0.1) is 0 Å². The topological polar surface area (TPSA) is 24.1 Å². The second-order valence-corrected chi connectivity index (χ2v) is 9.50. The number of rotatable bonds is 8. The third-order valence-electron chi connectivity index (χ3n) is 6.87. The summed E-state index contributed by atoms with van der Waals surface area (Å²) in [5.41, 5.74) is 1.13. The summed E-state index contributed by atoms with van der Waals surface area (Å²) in [6, 6.07) is 4.44. The molecule has 164 valence electrons. The van der Waals surface area contributed by atoms with Crippen molar-refractivity contribution in [3.8, 4) is 0 Å². The van der Waals surface area contributed by atoms with Crippen LogP contribution in [0.2, 0.25) is 0 Å². The smallest absolute Gasteiger partial charge is 0.381 e. The van der Waals surface area contributed by atoms with Crippen LogP contribution in [0, 0.1) is 23.7 Å². The van der Waals surface area contributed by atoms with Gasteiger partial charge in [0.1, 0.15) is 0 Å². The normalized spacial score (nSPS) is 26.9. The van der Waals surface area contributed by atoms with Crippen molar-refractivity contribution in [3.05, 3.63) is 53.6 Å². The molecule has 1 fully saturated rings. The molecule has 4 atom stereocenters. The number of hydrogen-bond acceptors (Lipinski definition) is 2. The quantitative estimate of drug-likeness (QED) is 0.525. The summed E-state index contributed by atoms with van der Waals surface area (Å²) in [4.78, 5) is 0. The van der Waals surface area contributed by atoms with E-state index in [1.165, 1.54) is 25.0 Å². The lowest BCUT2D eigenvalue weighted by Crippen LogP contribution is -2.41. The van der Waals surface area contributed by atoms with E-state index in [2.05, 4.69) is 41.9 Å². The van der Waals surface area contributed by atoms with Gasteiger partial charge in [0, 0.05) is 17.6 Å². The minimum absolute atomic E-state index is 0.266. The molecule has 0 bridgehead atoms. The van der Waals surface area contributed by atoms with Crippen molar-refractivity contribution in [2.45, 2.75) is 57.7 Å². The summed E-state index contributed by atoms with van der Waals surface area (Å²) < 4.78 is 39.6. The maximum absolute atomic E-state index is 13.2. The fourth-order valence-electron chi connectivity index (χ4n) is 4.85. The molecular formula is C25H33F3N2. The van der Waals surface area contributed by atoms with E-state index in [4.69, 9.17) is 0 Å². The molecule has 5 heteroatoms. The van der Waals surface area contributed by atoms with Crippen molar-refractivity contribution in [2.75, 3.05) is 18.4 Å². The predicted molar refractivity (Wildman–Crippen MR) is 116 cm³/mol. The van der Waals surface area contributed by atoms with Gasteiger partial charge in [0.05, 0.1) is 5.56 Å². The highest BCUT2D eigenvalue weighted by Gasteiger charge is 2.36. The molecule has 0 saturated heterocycles. The second-order valence-electron chi connectivity index (χ2n) is 9.50. The molecule has 1 aromatic rings. The molecule has 1 heterocycles. The number of anilines is 1. The Hall–Kier alpha value is -1.75. The Morgan fingerprint density at radius 2 is 2.03 bits per heavy atom. The van der Waals surface area contributed by atoms with Gasteiger partial charge in [-0.05, 0) is 93.1 Å². The first-order chi connectivity index (χ1) is 14.4. The zero-order valence-electron chi connectivity index (χ0n) is 17.7. The van der Waals surface area contributed by atoms with E-state index in [1.54, 1.807) is 6.07 Å². The van der Waals surface area contributed by atoms with Crippen LogP contribution in [0.4, 0.5) is 18.9 Å². The van der Waals surface area contributed by atoms with Crippen LogP contribution in [0.3, 0.4) is 0 Å². The molecule has 3 aliphatic rings. The highest BCUT2D eigenvalue weighted by Crippen LogP contribution is 2.39. The van der Waals surface area contributed by atoms with Crippen LogP contribution in [-0.4, -0.2) is 19.1 Å². The molecule has 4 rings (SSSR count). The zero-order valence-corrected chi connectivity index (χ0v) is 17.7. The van der Waals surface area contributed by atoms with Crippen LogP contribution in [0.1, 0.15) is 50.2 Å². The van der Waals surface area contributed by atoms with Crippen LogP contribution >= 0.6 is 0 Å². The molecule has 0 spiro atoms. The average molecular weight is 419 g/mol. The highest BCUT2D eigenvalue weighted by atomic mass is 19.4. The largest absolute Gasteiger partial charge is 0.416 e. The Morgan fingerprint density at radius 3 is 2.73 bits per heavy atom. The summed E-state index contributed by atoms with van der Waals surface area (Å²) in [5.74, 6) is 2.19. The number of halogens is 3. The molecule has 2 nitrogen and oxygen atoms in total. The van der Waals surface area contributed by atoms with Gasteiger partial charge >= 0.3 is 6.18 Å². The summed E-state index contributed by atoms with van der Waals surface area (Å²) in [5, 5.41) is 7.21. The SMILES string of the molecule is C[C@H](CC[C@@H]1Cc2cc(C(F)(F)F)ccc2N[C@H]1C1C=CC=CC1)CNCC1CC1.